The molecule has 1 aromatic carbocycles. The van der Waals surface area contributed by atoms with Crippen LogP contribution < -0.4 is 15.4 Å². The number of halogens is 2. The van der Waals surface area contributed by atoms with Gasteiger partial charge in [-0.25, -0.2) is 18.7 Å². The Morgan fingerprint density at radius 2 is 2.10 bits per heavy atom. The van der Waals surface area contributed by atoms with E-state index >= 15 is 4.39 Å². The first-order chi connectivity index (χ1) is 14.1. The molecule has 1 fully saturated rings. The quantitative estimate of drug-likeness (QED) is 0.620. The van der Waals surface area contributed by atoms with Crippen LogP contribution in [0.1, 0.15) is 28.5 Å². The molecule has 12 heteroatoms. The van der Waals surface area contributed by atoms with Crippen LogP contribution in [0.15, 0.2) is 18.5 Å². The maximum atomic E-state index is 15.4. The summed E-state index contributed by atoms with van der Waals surface area (Å²) >= 11 is -1.66. The lowest BCUT2D eigenvalue weighted by Gasteiger charge is -2.40. The highest BCUT2D eigenvalue weighted by Gasteiger charge is 2.45. The third kappa shape index (κ3) is 3.87. The second kappa shape index (κ2) is 8.03. The van der Waals surface area contributed by atoms with Gasteiger partial charge in [-0.15, -0.1) is 0 Å². The van der Waals surface area contributed by atoms with Crippen LogP contribution in [0, 0.1) is 24.0 Å². The van der Waals surface area contributed by atoms with Gasteiger partial charge in [0.05, 0.1) is 49.2 Å². The minimum absolute atomic E-state index is 0.0711. The molecular weight excluding hydrogens is 418 g/mol. The van der Waals surface area contributed by atoms with Gasteiger partial charge in [-0.05, 0) is 25.5 Å². The van der Waals surface area contributed by atoms with Crippen LogP contribution in [0.25, 0.3) is 0 Å². The lowest BCUT2D eigenvalue weighted by atomic mass is 9.90. The zero-order chi connectivity index (χ0) is 22.2. The summed E-state index contributed by atoms with van der Waals surface area (Å²) in [4.78, 5) is 20.2. The summed E-state index contributed by atoms with van der Waals surface area (Å²) in [6.45, 7) is 2.87. The van der Waals surface area contributed by atoms with E-state index in [2.05, 4.69) is 20.6 Å². The summed E-state index contributed by atoms with van der Waals surface area (Å²) in [6.07, 6.45) is 2.39. The molecule has 2 heterocycles. The Kier molecular flexibility index (Phi) is 5.81. The van der Waals surface area contributed by atoms with Crippen molar-refractivity contribution in [3.05, 3.63) is 46.9 Å². The Labute approximate surface area is 174 Å². The second-order valence-corrected chi connectivity index (χ2v) is 8.39. The molecule has 1 aliphatic rings. The number of ether oxygens (including phenoxy) is 1. The van der Waals surface area contributed by atoms with E-state index in [4.69, 9.17) is 10.1 Å². The van der Waals surface area contributed by atoms with Gasteiger partial charge in [-0.2, -0.15) is 4.31 Å². The van der Waals surface area contributed by atoms with Gasteiger partial charge in [0.2, 0.25) is 11.8 Å². The second-order valence-electron chi connectivity index (χ2n) is 6.91. The highest BCUT2D eigenvalue weighted by Crippen LogP contribution is 2.36. The Bertz CT molecular complexity index is 1010. The van der Waals surface area contributed by atoms with Gasteiger partial charge in [-0.3, -0.25) is 10.2 Å². The monoisotopic (exact) mass is 438 g/mol. The fourth-order valence-corrected chi connectivity index (χ4v) is 4.18. The number of carbonyl (C=O) groups is 1. The minimum Gasteiger partial charge on any atom is -0.593 e. The maximum Gasteiger partial charge on any atom is 0.275 e. The van der Waals surface area contributed by atoms with Crippen molar-refractivity contribution in [1.82, 2.24) is 19.6 Å². The summed E-state index contributed by atoms with van der Waals surface area (Å²) in [5.41, 5.74) is -2.17. The van der Waals surface area contributed by atoms with Crippen molar-refractivity contribution in [2.24, 2.45) is 0 Å². The van der Waals surface area contributed by atoms with Crippen molar-refractivity contribution in [3.63, 3.8) is 0 Å². The van der Waals surface area contributed by atoms with Crippen LogP contribution in [-0.2, 0) is 16.9 Å². The number of hydrogen-bond donors (Lipinski definition) is 3. The topological polar surface area (TPSA) is 126 Å². The van der Waals surface area contributed by atoms with Gasteiger partial charge in [0.15, 0.2) is 11.6 Å². The number of carbonyl (C=O) groups excluding carboxylic acids is 1. The molecule has 1 unspecified atom stereocenters. The third-order valence-electron chi connectivity index (χ3n) is 4.68. The van der Waals surface area contributed by atoms with E-state index in [9.17, 15) is 13.7 Å². The van der Waals surface area contributed by atoms with Gasteiger partial charge in [0, 0.05) is 0 Å². The molecule has 0 saturated carbocycles. The number of nitrogens with zero attached hydrogens (tertiary/aromatic N) is 3. The number of rotatable bonds is 4. The van der Waals surface area contributed by atoms with E-state index in [1.165, 1.54) is 38.5 Å². The molecule has 0 spiro atoms. The third-order valence-corrected chi connectivity index (χ3v) is 6.30. The van der Waals surface area contributed by atoms with Crippen LogP contribution >= 0.6 is 0 Å². The summed E-state index contributed by atoms with van der Waals surface area (Å²) in [6, 6.07) is 1.16. The standard InChI is InChI=1S/C18H20F2N6O3S/c1-9-5-10(24-16(27)11-6-23-12(29-4)7-22-11)15(20)13(14(9)19)18(2)8-30(28)26(3)17(21)25-18/h5-7H,8H2,1-4H3,(H2,21,25)(H,24,27)/t18-,30?/m0/s1. The van der Waals surface area contributed by atoms with Crippen LogP contribution in [0.2, 0.25) is 0 Å². The van der Waals surface area contributed by atoms with E-state index < -0.39 is 40.0 Å². The van der Waals surface area contributed by atoms with Gasteiger partial charge in [0.1, 0.15) is 17.1 Å². The Hall–Kier alpha value is -2.99. The number of aryl methyl sites for hydroxylation is 1. The molecule has 1 amide bonds. The molecule has 1 aromatic heterocycles. The molecule has 160 valence electrons. The van der Waals surface area contributed by atoms with Crippen molar-refractivity contribution in [2.75, 3.05) is 25.2 Å². The largest absolute Gasteiger partial charge is 0.593 e. The summed E-state index contributed by atoms with van der Waals surface area (Å²) in [5.74, 6) is -2.83. The summed E-state index contributed by atoms with van der Waals surface area (Å²) < 4.78 is 48.7. The van der Waals surface area contributed by atoms with E-state index in [0.717, 1.165) is 12.3 Å². The Morgan fingerprint density at radius 1 is 1.40 bits per heavy atom. The average molecular weight is 438 g/mol. The SMILES string of the molecule is COc1cnc(C(=O)Nc2cc(C)c(F)c([C@]3(C)C[S+]([O-])N(C)C(=N)N3)c2F)cn1. The number of amides is 1. The Balaban J connectivity index is 1.99. The lowest BCUT2D eigenvalue weighted by molar-refractivity contribution is 0.102. The smallest absolute Gasteiger partial charge is 0.275 e. The van der Waals surface area contributed by atoms with E-state index in [1.807, 2.05) is 0 Å². The predicted octanol–water partition coefficient (Wildman–Crippen LogP) is 1.67. The predicted molar refractivity (Wildman–Crippen MR) is 107 cm³/mol. The molecule has 30 heavy (non-hydrogen) atoms. The molecular formula is C18H20F2N6O3S. The number of aromatic nitrogens is 2. The summed E-state index contributed by atoms with van der Waals surface area (Å²) in [7, 11) is 2.84. The molecule has 3 rings (SSSR count). The average Bonchev–Trinajstić information content (AvgIpc) is 2.70. The number of anilines is 1. The first-order valence-electron chi connectivity index (χ1n) is 8.73. The molecule has 9 nitrogen and oxygen atoms in total. The van der Waals surface area contributed by atoms with Gasteiger partial charge < -0.3 is 19.9 Å². The molecule has 0 bridgehead atoms. The number of methoxy groups -OCH3 is 1. The number of benzene rings is 1. The van der Waals surface area contributed by atoms with Gasteiger partial charge >= 0.3 is 0 Å². The highest BCUT2D eigenvalue weighted by atomic mass is 32.2. The molecule has 3 N–H and O–H groups in total. The van der Waals surface area contributed by atoms with Gasteiger partial charge in [-0.1, -0.05) is 0 Å². The van der Waals surface area contributed by atoms with Crippen molar-refractivity contribution in [3.8, 4) is 5.88 Å². The lowest BCUT2D eigenvalue weighted by Crippen LogP contribution is -2.61. The van der Waals surface area contributed by atoms with Crippen molar-refractivity contribution in [1.29, 1.82) is 5.41 Å². The summed E-state index contributed by atoms with van der Waals surface area (Å²) in [5, 5.41) is 13.0. The molecule has 1 saturated heterocycles. The first-order valence-corrected chi connectivity index (χ1v) is 10.0. The zero-order valence-corrected chi connectivity index (χ0v) is 17.5. The van der Waals surface area contributed by atoms with E-state index in [-0.39, 0.29) is 34.5 Å². The highest BCUT2D eigenvalue weighted by molar-refractivity contribution is 7.89. The maximum absolute atomic E-state index is 15.4. The van der Waals surface area contributed by atoms with Crippen LogP contribution in [0.5, 0.6) is 5.88 Å². The van der Waals surface area contributed by atoms with E-state index in [0.29, 0.717) is 0 Å². The van der Waals surface area contributed by atoms with Crippen LogP contribution in [-0.4, -0.2) is 50.6 Å². The molecule has 1 aliphatic heterocycles. The minimum atomic E-state index is -1.66. The molecule has 0 radical (unpaired) electrons. The zero-order valence-electron chi connectivity index (χ0n) is 16.7. The number of guanidine groups is 1. The van der Waals surface area contributed by atoms with Crippen LogP contribution in [0.3, 0.4) is 0 Å². The first kappa shape index (κ1) is 21.7. The molecule has 0 aliphatic carbocycles. The van der Waals surface area contributed by atoms with Crippen molar-refractivity contribution >= 4 is 28.9 Å². The normalized spacial score (nSPS) is 21.2. The fraction of sp³-hybridized carbons (Fsp3) is 0.333. The van der Waals surface area contributed by atoms with Gasteiger partial charge in [0.25, 0.3) is 5.91 Å². The van der Waals surface area contributed by atoms with Crippen LogP contribution in [0.4, 0.5) is 14.5 Å². The van der Waals surface area contributed by atoms with Crippen molar-refractivity contribution in [2.45, 2.75) is 19.4 Å². The van der Waals surface area contributed by atoms with Crippen molar-refractivity contribution < 1.29 is 22.9 Å². The fourth-order valence-electron chi connectivity index (χ4n) is 3.03. The molecule has 2 atom stereocenters. The number of nitrogens with one attached hydrogen (secondary N) is 3. The number of hydrogen-bond acceptors (Lipinski definition) is 6. The molecule has 2 aromatic rings. The Morgan fingerprint density at radius 3 is 2.67 bits per heavy atom. The van der Waals surface area contributed by atoms with E-state index in [1.54, 1.807) is 0 Å².